The molecule has 0 aromatic heterocycles. The highest BCUT2D eigenvalue weighted by Gasteiger charge is 2.46. The quantitative estimate of drug-likeness (QED) is 0.765. The standard InChI is InChI=1S/C10H16FNO4/c1-7(16-2)5-8(13)12-4-3-10(11,6-12)9(14)15/h7H,3-6H2,1-2H3,(H,14,15). The number of carboxylic acids is 1. The van der Waals surface area contributed by atoms with E-state index in [-0.39, 0.29) is 37.9 Å². The third-order valence-corrected chi connectivity index (χ3v) is 2.82. The maximum atomic E-state index is 13.6. The molecule has 0 spiro atoms. The van der Waals surface area contributed by atoms with Gasteiger partial charge in [-0.1, -0.05) is 0 Å². The van der Waals surface area contributed by atoms with Crippen LogP contribution in [0.3, 0.4) is 0 Å². The molecule has 1 rings (SSSR count). The molecular formula is C10H16FNO4. The molecule has 1 saturated heterocycles. The molecule has 1 aliphatic rings. The lowest BCUT2D eigenvalue weighted by Gasteiger charge is -2.19. The molecule has 0 aromatic carbocycles. The summed E-state index contributed by atoms with van der Waals surface area (Å²) in [6.45, 7) is 1.52. The number of carboxylic acid groups (broad SMARTS) is 1. The molecule has 6 heteroatoms. The van der Waals surface area contributed by atoms with E-state index in [2.05, 4.69) is 0 Å². The second kappa shape index (κ2) is 4.78. The summed E-state index contributed by atoms with van der Waals surface area (Å²) >= 11 is 0. The van der Waals surface area contributed by atoms with Crippen LogP contribution in [-0.4, -0.2) is 53.9 Å². The smallest absolute Gasteiger partial charge is 0.343 e. The van der Waals surface area contributed by atoms with E-state index in [1.807, 2.05) is 0 Å². The van der Waals surface area contributed by atoms with Crippen LogP contribution < -0.4 is 0 Å². The fourth-order valence-electron chi connectivity index (χ4n) is 1.62. The number of hydrogen-bond acceptors (Lipinski definition) is 3. The van der Waals surface area contributed by atoms with E-state index in [1.54, 1.807) is 6.92 Å². The number of carbonyl (C=O) groups excluding carboxylic acids is 1. The second-order valence-electron chi connectivity index (χ2n) is 4.09. The van der Waals surface area contributed by atoms with E-state index in [1.165, 1.54) is 12.0 Å². The topological polar surface area (TPSA) is 66.8 Å². The van der Waals surface area contributed by atoms with Crippen LogP contribution in [0.2, 0.25) is 0 Å². The van der Waals surface area contributed by atoms with Crippen LogP contribution in [0, 0.1) is 0 Å². The Morgan fingerprint density at radius 2 is 2.25 bits per heavy atom. The van der Waals surface area contributed by atoms with E-state index < -0.39 is 11.6 Å². The van der Waals surface area contributed by atoms with Gasteiger partial charge in [-0.05, 0) is 6.92 Å². The number of rotatable bonds is 4. The molecule has 0 bridgehead atoms. The summed E-state index contributed by atoms with van der Waals surface area (Å²) in [6, 6.07) is 0. The third kappa shape index (κ3) is 2.69. The summed E-state index contributed by atoms with van der Waals surface area (Å²) in [4.78, 5) is 23.5. The van der Waals surface area contributed by atoms with Gasteiger partial charge in [0.05, 0.1) is 19.1 Å². The van der Waals surface area contributed by atoms with Crippen molar-refractivity contribution < 1.29 is 23.8 Å². The van der Waals surface area contributed by atoms with E-state index >= 15 is 0 Å². The lowest BCUT2D eigenvalue weighted by molar-refractivity contribution is -0.150. The Labute approximate surface area is 93.2 Å². The van der Waals surface area contributed by atoms with Gasteiger partial charge in [-0.25, -0.2) is 9.18 Å². The van der Waals surface area contributed by atoms with E-state index in [0.29, 0.717) is 0 Å². The molecule has 16 heavy (non-hydrogen) atoms. The van der Waals surface area contributed by atoms with Crippen molar-refractivity contribution in [3.63, 3.8) is 0 Å². The zero-order chi connectivity index (χ0) is 12.3. The predicted octanol–water partition coefficient (Wildman–Crippen LogP) is 0.437. The largest absolute Gasteiger partial charge is 0.479 e. The second-order valence-corrected chi connectivity index (χ2v) is 4.09. The maximum absolute atomic E-state index is 13.6. The minimum atomic E-state index is -2.29. The van der Waals surface area contributed by atoms with Crippen LogP contribution in [0.5, 0.6) is 0 Å². The number of likely N-dealkylation sites (tertiary alicyclic amines) is 1. The van der Waals surface area contributed by atoms with Gasteiger partial charge in [0.2, 0.25) is 11.6 Å². The number of nitrogens with zero attached hydrogens (tertiary/aromatic N) is 1. The monoisotopic (exact) mass is 233 g/mol. The van der Waals surface area contributed by atoms with Crippen molar-refractivity contribution in [1.82, 2.24) is 4.90 Å². The average molecular weight is 233 g/mol. The van der Waals surface area contributed by atoms with Crippen LogP contribution in [0.4, 0.5) is 4.39 Å². The first kappa shape index (κ1) is 12.9. The SMILES string of the molecule is COC(C)CC(=O)N1CCC(F)(C(=O)O)C1. The van der Waals surface area contributed by atoms with Gasteiger partial charge < -0.3 is 14.7 Å². The van der Waals surface area contributed by atoms with Gasteiger partial charge in [0.25, 0.3) is 0 Å². The van der Waals surface area contributed by atoms with Crippen LogP contribution in [0.1, 0.15) is 19.8 Å². The van der Waals surface area contributed by atoms with Crippen molar-refractivity contribution in [3.8, 4) is 0 Å². The lowest BCUT2D eigenvalue weighted by Crippen LogP contribution is -2.39. The molecule has 1 amide bonds. The maximum Gasteiger partial charge on any atom is 0.343 e. The molecule has 2 unspecified atom stereocenters. The first-order chi connectivity index (χ1) is 7.39. The summed E-state index contributed by atoms with van der Waals surface area (Å²) in [7, 11) is 1.48. The molecule has 5 nitrogen and oxygen atoms in total. The van der Waals surface area contributed by atoms with Crippen molar-refractivity contribution in [3.05, 3.63) is 0 Å². The molecule has 0 radical (unpaired) electrons. The molecule has 0 saturated carbocycles. The number of aliphatic carboxylic acids is 1. The van der Waals surface area contributed by atoms with Crippen molar-refractivity contribution >= 4 is 11.9 Å². The van der Waals surface area contributed by atoms with E-state index in [4.69, 9.17) is 9.84 Å². The summed E-state index contributed by atoms with van der Waals surface area (Å²) < 4.78 is 18.6. The van der Waals surface area contributed by atoms with Crippen molar-refractivity contribution in [2.24, 2.45) is 0 Å². The predicted molar refractivity (Wildman–Crippen MR) is 53.8 cm³/mol. The highest BCUT2D eigenvalue weighted by Crippen LogP contribution is 2.26. The van der Waals surface area contributed by atoms with Crippen LogP contribution in [0.15, 0.2) is 0 Å². The molecule has 1 N–H and O–H groups in total. The molecule has 92 valence electrons. The molecular weight excluding hydrogens is 217 g/mol. The Morgan fingerprint density at radius 3 is 2.69 bits per heavy atom. The van der Waals surface area contributed by atoms with Crippen LogP contribution >= 0.6 is 0 Å². The third-order valence-electron chi connectivity index (χ3n) is 2.82. The van der Waals surface area contributed by atoms with Gasteiger partial charge in [0, 0.05) is 20.1 Å². The average Bonchev–Trinajstić information content (AvgIpc) is 2.62. The van der Waals surface area contributed by atoms with Crippen molar-refractivity contribution in [2.45, 2.75) is 31.5 Å². The van der Waals surface area contributed by atoms with Gasteiger partial charge in [0.15, 0.2) is 0 Å². The molecule has 1 heterocycles. The Balaban J connectivity index is 2.53. The minimum absolute atomic E-state index is 0.143. The summed E-state index contributed by atoms with van der Waals surface area (Å²) in [5.41, 5.74) is -2.29. The van der Waals surface area contributed by atoms with Gasteiger partial charge in [-0.3, -0.25) is 4.79 Å². The molecule has 0 aliphatic carbocycles. The van der Waals surface area contributed by atoms with Crippen molar-refractivity contribution in [1.29, 1.82) is 0 Å². The zero-order valence-corrected chi connectivity index (χ0v) is 9.40. The first-order valence-electron chi connectivity index (χ1n) is 5.12. The van der Waals surface area contributed by atoms with Crippen molar-refractivity contribution in [2.75, 3.05) is 20.2 Å². The van der Waals surface area contributed by atoms with E-state index in [9.17, 15) is 14.0 Å². The van der Waals surface area contributed by atoms with Crippen LogP contribution in [-0.2, 0) is 14.3 Å². The Hall–Kier alpha value is -1.17. The number of alkyl halides is 1. The van der Waals surface area contributed by atoms with Gasteiger partial charge >= 0.3 is 5.97 Å². The Kier molecular flexibility index (Phi) is 3.85. The van der Waals surface area contributed by atoms with Gasteiger partial charge in [0.1, 0.15) is 0 Å². The number of carbonyl (C=O) groups is 2. The number of ether oxygens (including phenoxy) is 1. The number of halogens is 1. The van der Waals surface area contributed by atoms with Crippen LogP contribution in [0.25, 0.3) is 0 Å². The first-order valence-corrected chi connectivity index (χ1v) is 5.12. The Morgan fingerprint density at radius 1 is 1.62 bits per heavy atom. The number of hydrogen-bond donors (Lipinski definition) is 1. The van der Waals surface area contributed by atoms with Gasteiger partial charge in [-0.15, -0.1) is 0 Å². The normalized spacial score (nSPS) is 26.8. The highest BCUT2D eigenvalue weighted by atomic mass is 19.1. The summed E-state index contributed by atoms with van der Waals surface area (Å²) in [5.74, 6) is -1.77. The fraction of sp³-hybridized carbons (Fsp3) is 0.800. The molecule has 2 atom stereocenters. The van der Waals surface area contributed by atoms with Gasteiger partial charge in [-0.2, -0.15) is 0 Å². The zero-order valence-electron chi connectivity index (χ0n) is 9.40. The number of methoxy groups -OCH3 is 1. The lowest BCUT2D eigenvalue weighted by atomic mass is 10.1. The highest BCUT2D eigenvalue weighted by molar-refractivity contribution is 5.82. The molecule has 0 aromatic rings. The number of amides is 1. The van der Waals surface area contributed by atoms with E-state index in [0.717, 1.165) is 0 Å². The Bertz CT molecular complexity index is 297. The summed E-state index contributed by atoms with van der Waals surface area (Å²) in [6.07, 6.45) is -0.242. The fourth-order valence-corrected chi connectivity index (χ4v) is 1.62. The molecule has 1 aliphatic heterocycles. The molecule has 1 fully saturated rings. The summed E-state index contributed by atoms with van der Waals surface area (Å²) in [5, 5.41) is 8.66. The minimum Gasteiger partial charge on any atom is -0.479 e.